The van der Waals surface area contributed by atoms with Crippen LogP contribution in [0.25, 0.3) is 11.4 Å². The summed E-state index contributed by atoms with van der Waals surface area (Å²) in [7, 11) is 0. The fraction of sp³-hybridized carbons (Fsp3) is 0.400. The van der Waals surface area contributed by atoms with Crippen LogP contribution in [0.3, 0.4) is 0 Å². The molecule has 6 nitrogen and oxygen atoms in total. The maximum absolute atomic E-state index is 12.2. The predicted molar refractivity (Wildman–Crippen MR) is 79.6 cm³/mol. The van der Waals surface area contributed by atoms with Gasteiger partial charge in [0, 0.05) is 6.20 Å². The molecule has 0 aromatic carbocycles. The zero-order valence-electron chi connectivity index (χ0n) is 12.2. The largest absolute Gasteiger partial charge is 0.394 e. The van der Waals surface area contributed by atoms with Crippen LogP contribution in [-0.2, 0) is 0 Å². The van der Waals surface area contributed by atoms with Crippen LogP contribution in [0.1, 0.15) is 30.8 Å². The molecule has 0 spiro atoms. The van der Waals surface area contributed by atoms with Crippen LogP contribution < -0.4 is 5.32 Å². The zero-order valence-corrected chi connectivity index (χ0v) is 12.2. The Bertz CT molecular complexity index is 582. The van der Waals surface area contributed by atoms with Gasteiger partial charge in [0.2, 0.25) is 0 Å². The van der Waals surface area contributed by atoms with Crippen LogP contribution in [0.5, 0.6) is 0 Å². The summed E-state index contributed by atoms with van der Waals surface area (Å²) in [6, 6.07) is 6.91. The van der Waals surface area contributed by atoms with Gasteiger partial charge < -0.3 is 10.4 Å². The number of amides is 1. The number of H-pyrrole nitrogens is 1. The minimum absolute atomic E-state index is 0.0814. The van der Waals surface area contributed by atoms with Gasteiger partial charge in [-0.1, -0.05) is 26.3 Å². The van der Waals surface area contributed by atoms with Crippen LogP contribution in [0.15, 0.2) is 30.5 Å². The number of rotatable bonds is 6. The van der Waals surface area contributed by atoms with E-state index in [0.29, 0.717) is 17.1 Å². The van der Waals surface area contributed by atoms with E-state index >= 15 is 0 Å². The van der Waals surface area contributed by atoms with Crippen molar-refractivity contribution in [3.8, 4) is 11.4 Å². The Morgan fingerprint density at radius 3 is 2.86 bits per heavy atom. The Morgan fingerprint density at radius 2 is 2.24 bits per heavy atom. The molecule has 0 aliphatic heterocycles. The van der Waals surface area contributed by atoms with Crippen LogP contribution in [0.2, 0.25) is 0 Å². The summed E-state index contributed by atoms with van der Waals surface area (Å²) in [5, 5.41) is 19.0. The van der Waals surface area contributed by atoms with Crippen LogP contribution in [-0.4, -0.2) is 38.8 Å². The van der Waals surface area contributed by atoms with E-state index in [2.05, 4.69) is 20.5 Å². The Kier molecular flexibility index (Phi) is 5.05. The van der Waals surface area contributed by atoms with E-state index in [1.807, 2.05) is 32.0 Å². The number of pyridine rings is 1. The zero-order chi connectivity index (χ0) is 15.2. The van der Waals surface area contributed by atoms with Gasteiger partial charge in [0.25, 0.3) is 5.91 Å². The van der Waals surface area contributed by atoms with Crippen molar-refractivity contribution in [2.75, 3.05) is 6.61 Å². The number of aromatic nitrogens is 3. The molecule has 0 aliphatic carbocycles. The highest BCUT2D eigenvalue weighted by Crippen LogP contribution is 2.14. The van der Waals surface area contributed by atoms with Crippen molar-refractivity contribution in [3.63, 3.8) is 0 Å². The molecule has 112 valence electrons. The lowest BCUT2D eigenvalue weighted by Gasteiger charge is -2.21. The Labute approximate surface area is 123 Å². The number of aromatic amines is 1. The summed E-state index contributed by atoms with van der Waals surface area (Å²) in [6.45, 7) is 3.93. The summed E-state index contributed by atoms with van der Waals surface area (Å²) in [5.74, 6) is -0.0684. The van der Waals surface area contributed by atoms with Gasteiger partial charge in [-0.3, -0.25) is 14.9 Å². The summed E-state index contributed by atoms with van der Waals surface area (Å²) in [5.41, 5.74) is 1.68. The van der Waals surface area contributed by atoms with Crippen molar-refractivity contribution in [1.82, 2.24) is 20.5 Å². The Hall–Kier alpha value is -2.21. The third-order valence-corrected chi connectivity index (χ3v) is 3.59. The molecular formula is C15H20N4O2. The van der Waals surface area contributed by atoms with Gasteiger partial charge in [-0.05, 0) is 24.1 Å². The van der Waals surface area contributed by atoms with E-state index in [0.717, 1.165) is 6.42 Å². The molecule has 0 bridgehead atoms. The number of aliphatic hydroxyl groups excluding tert-OH is 1. The fourth-order valence-corrected chi connectivity index (χ4v) is 1.98. The van der Waals surface area contributed by atoms with Crippen LogP contribution >= 0.6 is 0 Å². The third kappa shape index (κ3) is 3.66. The van der Waals surface area contributed by atoms with Crippen molar-refractivity contribution in [2.24, 2.45) is 5.92 Å². The average molecular weight is 288 g/mol. The highest BCUT2D eigenvalue weighted by atomic mass is 16.3. The number of hydrogen-bond acceptors (Lipinski definition) is 4. The van der Waals surface area contributed by atoms with E-state index in [1.165, 1.54) is 0 Å². The van der Waals surface area contributed by atoms with Crippen LogP contribution in [0, 0.1) is 5.92 Å². The summed E-state index contributed by atoms with van der Waals surface area (Å²) < 4.78 is 0. The summed E-state index contributed by atoms with van der Waals surface area (Å²) in [4.78, 5) is 16.4. The van der Waals surface area contributed by atoms with Crippen LogP contribution in [0.4, 0.5) is 0 Å². The maximum Gasteiger partial charge on any atom is 0.269 e. The second-order valence-corrected chi connectivity index (χ2v) is 5.03. The molecule has 2 aromatic heterocycles. The van der Waals surface area contributed by atoms with Gasteiger partial charge in [0.05, 0.1) is 18.3 Å². The average Bonchev–Trinajstić information content (AvgIpc) is 3.02. The molecule has 21 heavy (non-hydrogen) atoms. The molecule has 0 fully saturated rings. The first-order chi connectivity index (χ1) is 10.2. The molecule has 2 aromatic rings. The molecule has 6 heteroatoms. The second kappa shape index (κ2) is 6.99. The molecule has 1 amide bonds. The monoisotopic (exact) mass is 288 g/mol. The van der Waals surface area contributed by atoms with E-state index < -0.39 is 0 Å². The lowest BCUT2D eigenvalue weighted by molar-refractivity contribution is 0.0886. The molecule has 0 aliphatic rings. The normalized spacial score (nSPS) is 13.7. The minimum atomic E-state index is -0.274. The van der Waals surface area contributed by atoms with Gasteiger partial charge in [-0.25, -0.2) is 0 Å². The fourth-order valence-electron chi connectivity index (χ4n) is 1.98. The van der Waals surface area contributed by atoms with Crippen molar-refractivity contribution >= 4 is 5.91 Å². The number of nitrogens with one attached hydrogen (secondary N) is 2. The van der Waals surface area contributed by atoms with E-state index in [-0.39, 0.29) is 24.5 Å². The van der Waals surface area contributed by atoms with Crippen molar-refractivity contribution in [1.29, 1.82) is 0 Å². The second-order valence-electron chi connectivity index (χ2n) is 5.03. The Balaban J connectivity index is 2.09. The number of carbonyl (C=O) groups excluding carboxylic acids is 1. The van der Waals surface area contributed by atoms with Crippen molar-refractivity contribution < 1.29 is 9.90 Å². The molecule has 2 heterocycles. The molecular weight excluding hydrogens is 268 g/mol. The highest BCUT2D eigenvalue weighted by molar-refractivity contribution is 5.93. The summed E-state index contributed by atoms with van der Waals surface area (Å²) in [6.07, 6.45) is 2.56. The van der Waals surface area contributed by atoms with E-state index in [1.54, 1.807) is 12.3 Å². The van der Waals surface area contributed by atoms with E-state index in [4.69, 9.17) is 0 Å². The summed E-state index contributed by atoms with van der Waals surface area (Å²) >= 11 is 0. The SMILES string of the molecule is CC[C@H](C)[C@@H](CO)NC(=O)c1cc(-c2ccccn2)n[nH]1. The van der Waals surface area contributed by atoms with Gasteiger partial charge in [-0.15, -0.1) is 0 Å². The van der Waals surface area contributed by atoms with E-state index in [9.17, 15) is 9.90 Å². The van der Waals surface area contributed by atoms with Gasteiger partial charge in [0.1, 0.15) is 11.4 Å². The smallest absolute Gasteiger partial charge is 0.269 e. The highest BCUT2D eigenvalue weighted by Gasteiger charge is 2.19. The first kappa shape index (κ1) is 15.2. The van der Waals surface area contributed by atoms with Crippen molar-refractivity contribution in [2.45, 2.75) is 26.3 Å². The first-order valence-corrected chi connectivity index (χ1v) is 7.04. The van der Waals surface area contributed by atoms with Gasteiger partial charge in [0.15, 0.2) is 0 Å². The first-order valence-electron chi connectivity index (χ1n) is 7.04. The number of carbonyl (C=O) groups is 1. The van der Waals surface area contributed by atoms with Gasteiger partial charge >= 0.3 is 0 Å². The number of hydrogen-bond donors (Lipinski definition) is 3. The molecule has 2 rings (SSSR count). The quantitative estimate of drug-likeness (QED) is 0.753. The minimum Gasteiger partial charge on any atom is -0.394 e. The topological polar surface area (TPSA) is 90.9 Å². The third-order valence-electron chi connectivity index (χ3n) is 3.59. The number of nitrogens with zero attached hydrogens (tertiary/aromatic N) is 2. The molecule has 0 radical (unpaired) electrons. The molecule has 3 N–H and O–H groups in total. The van der Waals surface area contributed by atoms with Gasteiger partial charge in [-0.2, -0.15) is 5.10 Å². The molecule has 0 unspecified atom stereocenters. The predicted octanol–water partition coefficient (Wildman–Crippen LogP) is 1.61. The van der Waals surface area contributed by atoms with Crippen molar-refractivity contribution in [3.05, 3.63) is 36.2 Å². The lowest BCUT2D eigenvalue weighted by atomic mass is 10.00. The molecule has 0 saturated carbocycles. The Morgan fingerprint density at radius 1 is 1.43 bits per heavy atom. The standard InChI is InChI=1S/C15H20N4O2/c1-3-10(2)14(9-20)17-15(21)13-8-12(18-19-13)11-6-4-5-7-16-11/h4-8,10,14,20H,3,9H2,1-2H3,(H,17,21)(H,18,19)/t10-,14+/m0/s1. The number of aliphatic hydroxyl groups is 1. The molecule has 0 saturated heterocycles. The maximum atomic E-state index is 12.2. The lowest BCUT2D eigenvalue weighted by Crippen LogP contribution is -2.42. The molecule has 2 atom stereocenters.